The number of urea groups is 1. The van der Waals surface area contributed by atoms with Gasteiger partial charge in [0.05, 0.1) is 30.7 Å². The highest BCUT2D eigenvalue weighted by Crippen LogP contribution is 2.50. The van der Waals surface area contributed by atoms with E-state index in [1.807, 2.05) is 29.8 Å². The fourth-order valence-corrected chi connectivity index (χ4v) is 6.60. The largest absolute Gasteiger partial charge is 0.497 e. The summed E-state index contributed by atoms with van der Waals surface area (Å²) in [5.41, 5.74) is 3.07. The molecule has 11 heteroatoms. The van der Waals surface area contributed by atoms with E-state index in [9.17, 15) is 19.1 Å². The average Bonchev–Trinajstić information content (AvgIpc) is 3.58. The Morgan fingerprint density at radius 3 is 2.55 bits per heavy atom. The zero-order valence-corrected chi connectivity index (χ0v) is 23.1. The van der Waals surface area contributed by atoms with Gasteiger partial charge in [0.2, 0.25) is 6.79 Å². The number of nitrogens with zero attached hydrogens (tertiary/aromatic N) is 3. The number of amides is 3. The summed E-state index contributed by atoms with van der Waals surface area (Å²) in [6, 6.07) is 15.4. The average molecular weight is 573 g/mol. The van der Waals surface area contributed by atoms with Crippen molar-refractivity contribution < 1.29 is 33.3 Å². The van der Waals surface area contributed by atoms with Gasteiger partial charge in [0.25, 0.3) is 5.91 Å². The Balaban J connectivity index is 1.27. The molecular weight excluding hydrogens is 543 g/mol. The minimum atomic E-state index is -0.645. The van der Waals surface area contributed by atoms with E-state index in [1.165, 1.54) is 24.3 Å². The number of methoxy groups -OCH3 is 1. The van der Waals surface area contributed by atoms with Crippen LogP contribution in [-0.2, 0) is 12.5 Å². The third-order valence-electron chi connectivity index (χ3n) is 8.57. The van der Waals surface area contributed by atoms with Crippen LogP contribution in [0.5, 0.6) is 17.2 Å². The zero-order chi connectivity index (χ0) is 29.2. The number of fused-ring (bicyclic) bond motifs is 5. The molecule has 1 spiro atoms. The van der Waals surface area contributed by atoms with Gasteiger partial charge in [-0.25, -0.2) is 9.18 Å². The molecule has 4 heterocycles. The molecule has 4 aromatic rings. The van der Waals surface area contributed by atoms with Crippen LogP contribution in [0.15, 0.2) is 60.7 Å². The molecule has 10 nitrogen and oxygen atoms in total. The summed E-state index contributed by atoms with van der Waals surface area (Å²) in [5.74, 6) is 1.28. The number of carbonyl (C=O) groups is 2. The van der Waals surface area contributed by atoms with Crippen molar-refractivity contribution in [3.05, 3.63) is 83.3 Å². The molecule has 42 heavy (non-hydrogen) atoms. The number of anilines is 1. The number of ether oxygens (including phenoxy) is 3. The molecule has 0 saturated carbocycles. The lowest BCUT2D eigenvalue weighted by Gasteiger charge is -2.56. The molecule has 0 unspecified atom stereocenters. The van der Waals surface area contributed by atoms with Gasteiger partial charge < -0.3 is 39.0 Å². The molecule has 3 amide bonds. The van der Waals surface area contributed by atoms with E-state index < -0.39 is 23.3 Å². The number of carbonyl (C=O) groups excluding carboxylic acids is 2. The van der Waals surface area contributed by atoms with Crippen LogP contribution in [0.4, 0.5) is 14.9 Å². The molecule has 3 aliphatic rings. The SMILES string of the molecule is COc1ccc2c3c(n(C)c2c1)[C@@H](CO)N(C(=O)Nc1ccc(F)cc1)CC31CN(C(=O)c2ccc3c(c2)OCO3)C1. The second kappa shape index (κ2) is 9.66. The van der Waals surface area contributed by atoms with E-state index >= 15 is 0 Å². The molecule has 216 valence electrons. The molecule has 3 aliphatic heterocycles. The van der Waals surface area contributed by atoms with E-state index in [-0.39, 0.29) is 25.9 Å². The number of benzene rings is 3. The standard InChI is InChI=1S/C31H29FN4O6/c1-34-23-12-21(40-2)8-9-22(23)27-28(34)24(13-37)36(30(39)33-20-6-4-19(32)5-7-20)16-31(27)14-35(15-31)29(38)18-3-10-25-26(11-18)42-17-41-25/h3-12,24,37H,13-17H2,1-2H3,(H,33,39)/t24-/m1/s1. The van der Waals surface area contributed by atoms with Gasteiger partial charge in [-0.2, -0.15) is 0 Å². The van der Waals surface area contributed by atoms with Gasteiger partial charge in [-0.15, -0.1) is 0 Å². The monoisotopic (exact) mass is 572 g/mol. The summed E-state index contributed by atoms with van der Waals surface area (Å²) in [4.78, 5) is 30.7. The molecule has 2 N–H and O–H groups in total. The lowest BCUT2D eigenvalue weighted by Crippen LogP contribution is -2.68. The number of aromatic nitrogens is 1. The molecule has 1 saturated heterocycles. The van der Waals surface area contributed by atoms with Gasteiger partial charge in [-0.1, -0.05) is 0 Å². The van der Waals surface area contributed by atoms with Gasteiger partial charge in [-0.05, 0) is 60.2 Å². The van der Waals surface area contributed by atoms with Crippen molar-refractivity contribution in [1.29, 1.82) is 0 Å². The first-order valence-corrected chi connectivity index (χ1v) is 13.6. The third-order valence-corrected chi connectivity index (χ3v) is 8.57. The highest BCUT2D eigenvalue weighted by molar-refractivity contribution is 5.97. The Labute approximate surface area is 240 Å². The first-order chi connectivity index (χ1) is 20.3. The topological polar surface area (TPSA) is 106 Å². The number of aliphatic hydroxyl groups excluding tert-OH is 1. The Bertz CT molecular complexity index is 1730. The lowest BCUT2D eigenvalue weighted by atomic mass is 9.68. The number of likely N-dealkylation sites (tertiary alicyclic amines) is 1. The fourth-order valence-electron chi connectivity index (χ4n) is 6.60. The minimum Gasteiger partial charge on any atom is -0.497 e. The predicted octanol–water partition coefficient (Wildman–Crippen LogP) is 4.03. The van der Waals surface area contributed by atoms with Gasteiger partial charge in [0.15, 0.2) is 11.5 Å². The van der Waals surface area contributed by atoms with Gasteiger partial charge in [0.1, 0.15) is 11.6 Å². The van der Waals surface area contributed by atoms with E-state index in [1.54, 1.807) is 35.1 Å². The maximum absolute atomic E-state index is 13.7. The van der Waals surface area contributed by atoms with E-state index in [0.717, 1.165) is 22.2 Å². The Hall–Kier alpha value is -4.77. The van der Waals surface area contributed by atoms with Crippen LogP contribution in [0.2, 0.25) is 0 Å². The number of nitrogens with one attached hydrogen (secondary N) is 1. The minimum absolute atomic E-state index is 0.121. The molecule has 1 aromatic heterocycles. The highest BCUT2D eigenvalue weighted by atomic mass is 19.1. The molecular formula is C31H29FN4O6. The maximum atomic E-state index is 13.7. The summed E-state index contributed by atoms with van der Waals surface area (Å²) in [7, 11) is 3.52. The summed E-state index contributed by atoms with van der Waals surface area (Å²) in [5, 5.41) is 14.5. The van der Waals surface area contributed by atoms with E-state index in [2.05, 4.69) is 5.32 Å². The molecule has 0 bridgehead atoms. The Morgan fingerprint density at radius 1 is 1.05 bits per heavy atom. The fraction of sp³-hybridized carbons (Fsp3) is 0.290. The second-order valence-corrected chi connectivity index (χ2v) is 11.0. The normalized spacial score (nSPS) is 18.1. The van der Waals surface area contributed by atoms with Crippen LogP contribution in [0.1, 0.15) is 27.7 Å². The number of rotatable bonds is 4. The first kappa shape index (κ1) is 26.1. The van der Waals surface area contributed by atoms with Crippen molar-refractivity contribution in [1.82, 2.24) is 14.4 Å². The van der Waals surface area contributed by atoms with Crippen molar-refractivity contribution in [2.75, 3.05) is 45.5 Å². The molecule has 0 aliphatic carbocycles. The van der Waals surface area contributed by atoms with Crippen molar-refractivity contribution in [2.24, 2.45) is 7.05 Å². The summed E-state index contributed by atoms with van der Waals surface area (Å²) in [6.07, 6.45) is 0. The van der Waals surface area contributed by atoms with Gasteiger partial charge >= 0.3 is 6.03 Å². The first-order valence-electron chi connectivity index (χ1n) is 13.6. The number of hydrogen-bond acceptors (Lipinski definition) is 6. The van der Waals surface area contributed by atoms with Crippen LogP contribution < -0.4 is 19.5 Å². The van der Waals surface area contributed by atoms with Gasteiger partial charge in [-0.3, -0.25) is 4.79 Å². The number of halogens is 1. The number of aryl methyl sites for hydroxylation is 1. The highest BCUT2D eigenvalue weighted by Gasteiger charge is 2.55. The number of aliphatic hydroxyl groups is 1. The zero-order valence-electron chi connectivity index (χ0n) is 23.1. The smallest absolute Gasteiger partial charge is 0.322 e. The van der Waals surface area contributed by atoms with Crippen molar-refractivity contribution in [3.63, 3.8) is 0 Å². The molecule has 7 rings (SSSR count). The van der Waals surface area contributed by atoms with Crippen molar-refractivity contribution in [2.45, 2.75) is 11.5 Å². The Kier molecular flexibility index (Phi) is 6.01. The van der Waals surface area contributed by atoms with E-state index in [0.29, 0.717) is 41.6 Å². The van der Waals surface area contributed by atoms with Crippen molar-refractivity contribution >= 4 is 28.5 Å². The van der Waals surface area contributed by atoms with Crippen LogP contribution >= 0.6 is 0 Å². The van der Waals surface area contributed by atoms with Crippen LogP contribution in [-0.4, -0.2) is 71.6 Å². The molecule has 0 radical (unpaired) electrons. The molecule has 3 aromatic carbocycles. The number of hydrogen-bond donors (Lipinski definition) is 2. The van der Waals surface area contributed by atoms with Gasteiger partial charge in [0, 0.05) is 55.1 Å². The van der Waals surface area contributed by atoms with Crippen LogP contribution in [0, 0.1) is 5.82 Å². The third kappa shape index (κ3) is 3.95. The summed E-state index contributed by atoms with van der Waals surface area (Å²) < 4.78 is 31.8. The lowest BCUT2D eigenvalue weighted by molar-refractivity contribution is 0.0130. The van der Waals surface area contributed by atoms with Crippen molar-refractivity contribution in [3.8, 4) is 17.2 Å². The summed E-state index contributed by atoms with van der Waals surface area (Å²) in [6.45, 7) is 0.833. The van der Waals surface area contributed by atoms with Crippen LogP contribution in [0.25, 0.3) is 10.9 Å². The molecule has 1 atom stereocenters. The maximum Gasteiger partial charge on any atom is 0.322 e. The predicted molar refractivity (Wildman–Crippen MR) is 152 cm³/mol. The Morgan fingerprint density at radius 2 is 1.81 bits per heavy atom. The molecule has 1 fully saturated rings. The second-order valence-electron chi connectivity index (χ2n) is 11.0. The van der Waals surface area contributed by atoms with E-state index in [4.69, 9.17) is 14.2 Å². The van der Waals surface area contributed by atoms with Crippen LogP contribution in [0.3, 0.4) is 0 Å². The quantitative estimate of drug-likeness (QED) is 0.383. The summed E-state index contributed by atoms with van der Waals surface area (Å²) >= 11 is 0.